The summed E-state index contributed by atoms with van der Waals surface area (Å²) in [5.41, 5.74) is 3.30. The topological polar surface area (TPSA) is 120 Å². The normalized spacial score (nSPS) is 14.0. The summed E-state index contributed by atoms with van der Waals surface area (Å²) >= 11 is 2.90. The number of rotatable bonds is 13. The molecule has 0 spiro atoms. The Morgan fingerprint density at radius 3 is 2.42 bits per heavy atom. The number of thioether (sulfide) groups is 1. The van der Waals surface area contributed by atoms with Gasteiger partial charge in [-0.05, 0) is 52.9 Å². The lowest BCUT2D eigenvalue weighted by molar-refractivity contribution is -0.130. The molecule has 0 bridgehead atoms. The van der Waals surface area contributed by atoms with Crippen LogP contribution >= 0.6 is 23.1 Å². The van der Waals surface area contributed by atoms with Crippen molar-refractivity contribution in [2.45, 2.75) is 30.7 Å². The van der Waals surface area contributed by atoms with Gasteiger partial charge in [0.25, 0.3) is 11.8 Å². The predicted octanol–water partition coefficient (Wildman–Crippen LogP) is 5.81. The summed E-state index contributed by atoms with van der Waals surface area (Å²) in [6, 6.07) is 26.4. The number of hydrogen-bond acceptors (Lipinski definition) is 10. The lowest BCUT2D eigenvalue weighted by atomic mass is 10.0. The number of methoxy groups -OCH3 is 3. The van der Waals surface area contributed by atoms with E-state index >= 15 is 0 Å². The van der Waals surface area contributed by atoms with Gasteiger partial charge in [-0.15, -0.1) is 21.5 Å². The third-order valence-electron chi connectivity index (χ3n) is 7.83. The van der Waals surface area contributed by atoms with Gasteiger partial charge in [0.1, 0.15) is 5.75 Å². The standard InChI is InChI=1S/C35H34N6O5S2/c1-44-26-14-11-24(12-15-26)28-19-27(31-10-7-17-47-31)39-41(28)33(42)22-48-35-38-37-32(40(35)21-23-8-5-4-6-9-23)20-36-34(43)25-13-16-29(45-2)30(18-25)46-3/h4-18,28H,19-22H2,1-3H3,(H,36,43). The van der Waals surface area contributed by atoms with Gasteiger partial charge in [0.05, 0.1) is 56.8 Å². The zero-order chi connectivity index (χ0) is 33.5. The van der Waals surface area contributed by atoms with E-state index in [0.29, 0.717) is 41.0 Å². The number of ether oxygens (including phenoxy) is 3. The van der Waals surface area contributed by atoms with Crippen LogP contribution in [0.25, 0.3) is 0 Å². The summed E-state index contributed by atoms with van der Waals surface area (Å²) in [6.45, 7) is 0.590. The molecule has 2 amide bonds. The van der Waals surface area contributed by atoms with Crippen LogP contribution in [0.15, 0.2) is 101 Å². The van der Waals surface area contributed by atoms with Crippen molar-refractivity contribution < 1.29 is 23.8 Å². The highest BCUT2D eigenvalue weighted by Gasteiger charge is 2.33. The number of hydrazone groups is 1. The highest BCUT2D eigenvalue weighted by molar-refractivity contribution is 7.99. The fourth-order valence-electron chi connectivity index (χ4n) is 5.33. The summed E-state index contributed by atoms with van der Waals surface area (Å²) in [5.74, 6) is 1.94. The fraction of sp³-hybridized carbons (Fsp3) is 0.229. The second-order valence-corrected chi connectivity index (χ2v) is 12.7. The first-order chi connectivity index (χ1) is 23.5. The molecule has 0 saturated carbocycles. The second-order valence-electron chi connectivity index (χ2n) is 10.8. The van der Waals surface area contributed by atoms with E-state index in [-0.39, 0.29) is 30.2 Å². The fourth-order valence-corrected chi connectivity index (χ4v) is 6.86. The monoisotopic (exact) mass is 682 g/mol. The van der Waals surface area contributed by atoms with Crippen molar-refractivity contribution in [2.24, 2.45) is 5.10 Å². The average Bonchev–Trinajstić information content (AvgIpc) is 3.91. The SMILES string of the molecule is COc1ccc(C2CC(c3cccs3)=NN2C(=O)CSc2nnc(CNC(=O)c3ccc(OC)c(OC)c3)n2Cc2ccccc2)cc1. The molecule has 1 aliphatic rings. The number of nitrogens with zero attached hydrogens (tertiary/aromatic N) is 5. The molecule has 13 heteroatoms. The van der Waals surface area contributed by atoms with E-state index in [4.69, 9.17) is 19.3 Å². The van der Waals surface area contributed by atoms with Crippen LogP contribution in [0.1, 0.15) is 44.6 Å². The quantitative estimate of drug-likeness (QED) is 0.155. The van der Waals surface area contributed by atoms with Crippen molar-refractivity contribution in [1.82, 2.24) is 25.1 Å². The highest BCUT2D eigenvalue weighted by atomic mass is 32.2. The van der Waals surface area contributed by atoms with Crippen molar-refractivity contribution in [3.63, 3.8) is 0 Å². The summed E-state index contributed by atoms with van der Waals surface area (Å²) in [5, 5.41) is 20.7. The van der Waals surface area contributed by atoms with Crippen LogP contribution in [0.3, 0.4) is 0 Å². The van der Waals surface area contributed by atoms with Crippen molar-refractivity contribution in [2.75, 3.05) is 27.1 Å². The Bertz CT molecular complexity index is 1890. The first-order valence-electron chi connectivity index (χ1n) is 15.1. The second kappa shape index (κ2) is 15.2. The van der Waals surface area contributed by atoms with Gasteiger partial charge in [0.2, 0.25) is 0 Å². The van der Waals surface area contributed by atoms with E-state index < -0.39 is 0 Å². The Morgan fingerprint density at radius 1 is 0.917 bits per heavy atom. The van der Waals surface area contributed by atoms with Crippen molar-refractivity contribution in [1.29, 1.82) is 0 Å². The highest BCUT2D eigenvalue weighted by Crippen LogP contribution is 2.35. The third kappa shape index (κ3) is 7.37. The van der Waals surface area contributed by atoms with Crippen molar-refractivity contribution in [3.05, 3.63) is 118 Å². The molecule has 3 heterocycles. The zero-order valence-corrected chi connectivity index (χ0v) is 28.3. The Balaban J connectivity index is 1.20. The Hall–Kier alpha value is -5.14. The smallest absolute Gasteiger partial charge is 0.253 e. The minimum Gasteiger partial charge on any atom is -0.497 e. The van der Waals surface area contributed by atoms with Gasteiger partial charge in [-0.1, -0.05) is 60.3 Å². The van der Waals surface area contributed by atoms with E-state index in [2.05, 4.69) is 15.5 Å². The van der Waals surface area contributed by atoms with Gasteiger partial charge in [-0.25, -0.2) is 5.01 Å². The number of nitrogens with one attached hydrogen (secondary N) is 1. The maximum atomic E-state index is 13.8. The number of aromatic nitrogens is 3. The van der Waals surface area contributed by atoms with Crippen LogP contribution in [0.2, 0.25) is 0 Å². The maximum Gasteiger partial charge on any atom is 0.253 e. The summed E-state index contributed by atoms with van der Waals surface area (Å²) in [7, 11) is 4.69. The predicted molar refractivity (Wildman–Crippen MR) is 185 cm³/mol. The van der Waals surface area contributed by atoms with Gasteiger partial charge in [-0.3, -0.25) is 9.59 Å². The van der Waals surface area contributed by atoms with E-state index in [0.717, 1.165) is 27.5 Å². The van der Waals surface area contributed by atoms with Crippen LogP contribution in [-0.2, 0) is 17.9 Å². The van der Waals surface area contributed by atoms with Crippen molar-refractivity contribution in [3.8, 4) is 17.2 Å². The molecule has 48 heavy (non-hydrogen) atoms. The number of carbonyl (C=O) groups is 2. The van der Waals surface area contributed by atoms with Crippen LogP contribution in [0.4, 0.5) is 0 Å². The Kier molecular flexibility index (Phi) is 10.4. The van der Waals surface area contributed by atoms with Crippen LogP contribution in [-0.4, -0.2) is 64.4 Å². The summed E-state index contributed by atoms with van der Waals surface area (Å²) in [4.78, 5) is 28.0. The molecule has 5 aromatic rings. The van der Waals surface area contributed by atoms with E-state index in [1.54, 1.807) is 48.8 Å². The first-order valence-corrected chi connectivity index (χ1v) is 17.0. The van der Waals surface area contributed by atoms with E-state index in [9.17, 15) is 9.59 Å². The summed E-state index contributed by atoms with van der Waals surface area (Å²) < 4.78 is 17.9. The van der Waals surface area contributed by atoms with E-state index in [1.165, 1.54) is 18.9 Å². The molecule has 6 rings (SSSR count). The average molecular weight is 683 g/mol. The minimum absolute atomic E-state index is 0.0960. The first kappa shape index (κ1) is 32.8. The lowest BCUT2D eigenvalue weighted by Crippen LogP contribution is -2.28. The number of hydrogen-bond donors (Lipinski definition) is 1. The van der Waals surface area contributed by atoms with Gasteiger partial charge in [0, 0.05) is 12.0 Å². The molecule has 1 unspecified atom stereocenters. The Labute approximate surface area is 286 Å². The number of thiophene rings is 1. The molecule has 2 aromatic heterocycles. The molecule has 0 radical (unpaired) electrons. The molecule has 3 aromatic carbocycles. The van der Waals surface area contributed by atoms with Crippen LogP contribution in [0, 0.1) is 0 Å². The molecular weight excluding hydrogens is 649 g/mol. The molecule has 11 nitrogen and oxygen atoms in total. The molecule has 1 aliphatic heterocycles. The molecule has 0 aliphatic carbocycles. The minimum atomic E-state index is -0.299. The largest absolute Gasteiger partial charge is 0.497 e. The van der Waals surface area contributed by atoms with E-state index in [1.807, 2.05) is 76.7 Å². The number of carbonyl (C=O) groups excluding carboxylic acids is 2. The molecule has 0 saturated heterocycles. The zero-order valence-electron chi connectivity index (χ0n) is 26.7. The maximum absolute atomic E-state index is 13.8. The molecule has 1 N–H and O–H groups in total. The van der Waals surface area contributed by atoms with Gasteiger partial charge in [0.15, 0.2) is 22.5 Å². The van der Waals surface area contributed by atoms with Crippen molar-refractivity contribution >= 4 is 40.6 Å². The van der Waals surface area contributed by atoms with Gasteiger partial charge in [-0.2, -0.15) is 5.10 Å². The van der Waals surface area contributed by atoms with Crippen LogP contribution < -0.4 is 19.5 Å². The molecular formula is C35H34N6O5S2. The summed E-state index contributed by atoms with van der Waals surface area (Å²) in [6.07, 6.45) is 0.608. The lowest BCUT2D eigenvalue weighted by Gasteiger charge is -2.22. The third-order valence-corrected chi connectivity index (χ3v) is 9.70. The van der Waals surface area contributed by atoms with Gasteiger partial charge < -0.3 is 24.1 Å². The molecule has 246 valence electrons. The number of benzene rings is 3. The number of amides is 2. The van der Waals surface area contributed by atoms with Crippen LogP contribution in [0.5, 0.6) is 17.2 Å². The molecule has 0 fully saturated rings. The molecule has 1 atom stereocenters. The Morgan fingerprint density at radius 2 is 1.71 bits per heavy atom. The van der Waals surface area contributed by atoms with Gasteiger partial charge >= 0.3 is 0 Å².